The first-order valence-electron chi connectivity index (χ1n) is 6.48. The Morgan fingerprint density at radius 1 is 1.12 bits per heavy atom. The number of hydrogen-bond donors (Lipinski definition) is 0. The third-order valence-electron chi connectivity index (χ3n) is 3.66. The quantitative estimate of drug-likeness (QED) is 0.642. The standard InChI is InChI=1S/C17H18/c1-12(2)17-15-9-5-3-7-13(15)11-14-8-4-6-10-16(14)17/h3,5-7,9-12H,4,8H2,1-2H3. The van der Waals surface area contributed by atoms with Gasteiger partial charge in [-0.3, -0.25) is 0 Å². The molecule has 0 saturated heterocycles. The van der Waals surface area contributed by atoms with Crippen LogP contribution in [0.15, 0.2) is 36.4 Å². The van der Waals surface area contributed by atoms with Gasteiger partial charge in [0.1, 0.15) is 0 Å². The third-order valence-corrected chi connectivity index (χ3v) is 3.66. The van der Waals surface area contributed by atoms with Crippen molar-refractivity contribution < 1.29 is 0 Å². The van der Waals surface area contributed by atoms with Crippen molar-refractivity contribution in [1.82, 2.24) is 0 Å². The van der Waals surface area contributed by atoms with Crippen LogP contribution in [0, 0.1) is 0 Å². The van der Waals surface area contributed by atoms with E-state index in [1.54, 1.807) is 0 Å². The molecule has 0 aromatic heterocycles. The Balaban J connectivity index is 2.42. The molecule has 0 fully saturated rings. The van der Waals surface area contributed by atoms with Crippen LogP contribution in [0.2, 0.25) is 0 Å². The summed E-state index contributed by atoms with van der Waals surface area (Å²) in [5.74, 6) is 0.581. The second kappa shape index (κ2) is 4.03. The van der Waals surface area contributed by atoms with Gasteiger partial charge in [0.25, 0.3) is 0 Å². The molecule has 0 heterocycles. The van der Waals surface area contributed by atoms with Gasteiger partial charge in [-0.25, -0.2) is 0 Å². The molecular weight excluding hydrogens is 204 g/mol. The number of rotatable bonds is 1. The maximum absolute atomic E-state index is 2.38. The van der Waals surface area contributed by atoms with Crippen LogP contribution in [-0.4, -0.2) is 0 Å². The van der Waals surface area contributed by atoms with Gasteiger partial charge in [-0.1, -0.05) is 56.3 Å². The number of benzene rings is 2. The molecule has 1 aliphatic rings. The average molecular weight is 222 g/mol. The normalized spacial score (nSPS) is 14.3. The van der Waals surface area contributed by atoms with Crippen molar-refractivity contribution in [2.45, 2.75) is 32.6 Å². The van der Waals surface area contributed by atoms with Crippen molar-refractivity contribution in [3.8, 4) is 0 Å². The lowest BCUT2D eigenvalue weighted by atomic mass is 9.84. The first kappa shape index (κ1) is 10.6. The fourth-order valence-electron chi connectivity index (χ4n) is 2.92. The third kappa shape index (κ3) is 1.68. The summed E-state index contributed by atoms with van der Waals surface area (Å²) in [4.78, 5) is 0. The lowest BCUT2D eigenvalue weighted by Gasteiger charge is -2.20. The molecule has 1 aliphatic carbocycles. The molecule has 2 aromatic carbocycles. The van der Waals surface area contributed by atoms with Crippen LogP contribution in [0.1, 0.15) is 42.9 Å². The highest BCUT2D eigenvalue weighted by Crippen LogP contribution is 2.34. The summed E-state index contributed by atoms with van der Waals surface area (Å²) in [6.07, 6.45) is 7.00. The predicted molar refractivity (Wildman–Crippen MR) is 75.4 cm³/mol. The Labute approximate surface area is 103 Å². The van der Waals surface area contributed by atoms with E-state index in [4.69, 9.17) is 0 Å². The predicted octanol–water partition coefficient (Wildman–Crippen LogP) is 4.92. The Morgan fingerprint density at radius 2 is 1.94 bits per heavy atom. The van der Waals surface area contributed by atoms with Gasteiger partial charge in [-0.05, 0) is 46.2 Å². The maximum Gasteiger partial charge on any atom is -0.0143 e. The summed E-state index contributed by atoms with van der Waals surface area (Å²) in [5.41, 5.74) is 4.52. The minimum atomic E-state index is 0.581. The van der Waals surface area contributed by atoms with Crippen LogP contribution in [-0.2, 0) is 6.42 Å². The Bertz CT molecular complexity index is 588. The molecule has 0 saturated carbocycles. The van der Waals surface area contributed by atoms with Crippen molar-refractivity contribution in [2.24, 2.45) is 0 Å². The highest BCUT2D eigenvalue weighted by molar-refractivity contribution is 5.91. The summed E-state index contributed by atoms with van der Waals surface area (Å²) in [6, 6.07) is 11.2. The SMILES string of the molecule is CC(C)c1c2c(cc3ccccc13)CCC=C2. The molecule has 0 amide bonds. The van der Waals surface area contributed by atoms with Gasteiger partial charge in [0.05, 0.1) is 0 Å². The number of fused-ring (bicyclic) bond motifs is 2. The zero-order valence-corrected chi connectivity index (χ0v) is 10.5. The molecule has 0 bridgehead atoms. The smallest absolute Gasteiger partial charge is 0.0143 e. The summed E-state index contributed by atoms with van der Waals surface area (Å²) < 4.78 is 0. The van der Waals surface area contributed by atoms with Crippen LogP contribution in [0.3, 0.4) is 0 Å². The van der Waals surface area contributed by atoms with Gasteiger partial charge < -0.3 is 0 Å². The van der Waals surface area contributed by atoms with Gasteiger partial charge in [0.2, 0.25) is 0 Å². The van der Waals surface area contributed by atoms with E-state index in [-0.39, 0.29) is 0 Å². The molecule has 2 aromatic rings. The maximum atomic E-state index is 2.38. The van der Waals surface area contributed by atoms with Gasteiger partial charge >= 0.3 is 0 Å². The summed E-state index contributed by atoms with van der Waals surface area (Å²) in [7, 11) is 0. The number of aryl methyl sites for hydroxylation is 1. The number of allylic oxidation sites excluding steroid dienone is 1. The van der Waals surface area contributed by atoms with E-state index in [0.29, 0.717) is 5.92 Å². The van der Waals surface area contributed by atoms with E-state index in [1.807, 2.05) is 0 Å². The van der Waals surface area contributed by atoms with Gasteiger partial charge in [-0.2, -0.15) is 0 Å². The van der Waals surface area contributed by atoms with Crippen LogP contribution in [0.5, 0.6) is 0 Å². The molecule has 3 rings (SSSR count). The van der Waals surface area contributed by atoms with Crippen molar-refractivity contribution >= 4 is 16.8 Å². The molecular formula is C17H18. The van der Waals surface area contributed by atoms with Gasteiger partial charge in [0, 0.05) is 0 Å². The van der Waals surface area contributed by atoms with Gasteiger partial charge in [-0.15, -0.1) is 0 Å². The second-order valence-corrected chi connectivity index (χ2v) is 5.18. The van der Waals surface area contributed by atoms with Crippen LogP contribution < -0.4 is 0 Å². The fraction of sp³-hybridized carbons (Fsp3) is 0.294. The van der Waals surface area contributed by atoms with E-state index in [2.05, 4.69) is 56.3 Å². The molecule has 0 N–H and O–H groups in total. The molecule has 0 aliphatic heterocycles. The molecule has 0 heteroatoms. The van der Waals surface area contributed by atoms with E-state index < -0.39 is 0 Å². The van der Waals surface area contributed by atoms with E-state index in [0.717, 1.165) is 0 Å². The molecule has 17 heavy (non-hydrogen) atoms. The molecule has 0 unspecified atom stereocenters. The van der Waals surface area contributed by atoms with Crippen molar-refractivity contribution in [3.63, 3.8) is 0 Å². The van der Waals surface area contributed by atoms with E-state index in [1.165, 1.54) is 40.3 Å². The highest BCUT2D eigenvalue weighted by atomic mass is 14.2. The lowest BCUT2D eigenvalue weighted by Crippen LogP contribution is -2.02. The van der Waals surface area contributed by atoms with Crippen molar-refractivity contribution in [1.29, 1.82) is 0 Å². The van der Waals surface area contributed by atoms with E-state index in [9.17, 15) is 0 Å². The minimum absolute atomic E-state index is 0.581. The zero-order chi connectivity index (χ0) is 11.8. The van der Waals surface area contributed by atoms with Gasteiger partial charge in [0.15, 0.2) is 0 Å². The average Bonchev–Trinajstić information content (AvgIpc) is 2.35. The first-order chi connectivity index (χ1) is 8.27. The van der Waals surface area contributed by atoms with Crippen LogP contribution in [0.4, 0.5) is 0 Å². The minimum Gasteiger partial charge on any atom is -0.0836 e. The van der Waals surface area contributed by atoms with Crippen molar-refractivity contribution in [2.75, 3.05) is 0 Å². The topological polar surface area (TPSA) is 0 Å². The first-order valence-corrected chi connectivity index (χ1v) is 6.48. The fourth-order valence-corrected chi connectivity index (χ4v) is 2.92. The number of hydrogen-bond acceptors (Lipinski definition) is 0. The summed E-state index contributed by atoms with van der Waals surface area (Å²) in [6.45, 7) is 4.59. The van der Waals surface area contributed by atoms with E-state index >= 15 is 0 Å². The second-order valence-electron chi connectivity index (χ2n) is 5.18. The Kier molecular flexibility index (Phi) is 2.51. The molecule has 0 nitrogen and oxygen atoms in total. The largest absolute Gasteiger partial charge is 0.0836 e. The summed E-state index contributed by atoms with van der Waals surface area (Å²) >= 11 is 0. The summed E-state index contributed by atoms with van der Waals surface area (Å²) in [5, 5.41) is 2.82. The highest BCUT2D eigenvalue weighted by Gasteiger charge is 2.15. The van der Waals surface area contributed by atoms with Crippen LogP contribution in [0.25, 0.3) is 16.8 Å². The zero-order valence-electron chi connectivity index (χ0n) is 10.5. The molecule has 0 spiro atoms. The van der Waals surface area contributed by atoms with Crippen LogP contribution >= 0.6 is 0 Å². The molecule has 0 radical (unpaired) electrons. The monoisotopic (exact) mass is 222 g/mol. The Hall–Kier alpha value is -1.56. The molecule has 0 atom stereocenters. The lowest BCUT2D eigenvalue weighted by molar-refractivity contribution is 0.863. The molecule has 86 valence electrons. The Morgan fingerprint density at radius 3 is 2.76 bits per heavy atom. The van der Waals surface area contributed by atoms with Crippen molar-refractivity contribution in [3.05, 3.63) is 53.1 Å².